The number of aryl methyl sites for hydroxylation is 1. The average molecular weight is 486 g/mol. The quantitative estimate of drug-likeness (QED) is 0.366. The number of hydrogen-bond donors (Lipinski definition) is 1. The summed E-state index contributed by atoms with van der Waals surface area (Å²) in [7, 11) is 0. The molecule has 35 heavy (non-hydrogen) atoms. The van der Waals surface area contributed by atoms with E-state index in [1.807, 2.05) is 6.07 Å². The van der Waals surface area contributed by atoms with E-state index in [1.165, 1.54) is 27.0 Å². The second kappa shape index (κ2) is 9.30. The van der Waals surface area contributed by atoms with Gasteiger partial charge in [-0.3, -0.25) is 9.80 Å². The van der Waals surface area contributed by atoms with Crippen LogP contribution in [-0.2, 0) is 6.54 Å². The smallest absolute Gasteiger partial charge is 0.230 e. The topological polar surface area (TPSA) is 70.0 Å². The third kappa shape index (κ3) is 4.36. The van der Waals surface area contributed by atoms with Crippen LogP contribution in [-0.4, -0.2) is 55.7 Å². The van der Waals surface area contributed by atoms with Crippen LogP contribution in [0, 0.1) is 6.92 Å². The molecule has 1 saturated heterocycles. The summed E-state index contributed by atoms with van der Waals surface area (Å²) in [6.45, 7) is 6.83. The Kier molecular flexibility index (Phi) is 5.85. The minimum atomic E-state index is -0.0601. The molecule has 2 aromatic carbocycles. The normalized spacial score (nSPS) is 16.1. The fraction of sp³-hybridized carbons (Fsp3) is 0.259. The Bertz CT molecular complexity index is 1400. The van der Waals surface area contributed by atoms with Crippen molar-refractivity contribution < 1.29 is 9.52 Å². The highest BCUT2D eigenvalue weighted by Gasteiger charge is 2.32. The lowest BCUT2D eigenvalue weighted by Gasteiger charge is -2.39. The Labute approximate surface area is 207 Å². The van der Waals surface area contributed by atoms with Crippen LogP contribution in [0.25, 0.3) is 16.5 Å². The van der Waals surface area contributed by atoms with Crippen molar-refractivity contribution in [1.82, 2.24) is 24.4 Å². The highest BCUT2D eigenvalue weighted by atomic mass is 32.1. The molecule has 0 amide bonds. The predicted molar refractivity (Wildman–Crippen MR) is 137 cm³/mol. The van der Waals surface area contributed by atoms with Crippen LogP contribution < -0.4 is 0 Å². The molecule has 1 aliphatic heterocycles. The summed E-state index contributed by atoms with van der Waals surface area (Å²) in [5.74, 6) is 1.21. The lowest BCUT2D eigenvalue weighted by Crippen LogP contribution is -2.47. The Morgan fingerprint density at radius 3 is 2.43 bits per heavy atom. The number of hydrogen-bond acceptors (Lipinski definition) is 7. The van der Waals surface area contributed by atoms with Gasteiger partial charge in [0.25, 0.3) is 0 Å². The van der Waals surface area contributed by atoms with E-state index in [0.29, 0.717) is 16.5 Å². The molecular formula is C27H27N5O2S. The Hall–Kier alpha value is -3.46. The first-order valence-corrected chi connectivity index (χ1v) is 12.7. The van der Waals surface area contributed by atoms with Gasteiger partial charge in [0.05, 0.1) is 17.2 Å². The van der Waals surface area contributed by atoms with Gasteiger partial charge in [-0.2, -0.15) is 9.50 Å². The van der Waals surface area contributed by atoms with Crippen LogP contribution in [0.4, 0.5) is 0 Å². The highest BCUT2D eigenvalue weighted by molar-refractivity contribution is 7.17. The van der Waals surface area contributed by atoms with E-state index in [-0.39, 0.29) is 11.9 Å². The predicted octanol–water partition coefficient (Wildman–Crippen LogP) is 4.97. The molecule has 1 fully saturated rings. The molecule has 1 atom stereocenters. The van der Waals surface area contributed by atoms with Gasteiger partial charge >= 0.3 is 0 Å². The molecular weight excluding hydrogens is 458 g/mol. The van der Waals surface area contributed by atoms with Crippen molar-refractivity contribution in [3.63, 3.8) is 0 Å². The first-order valence-electron chi connectivity index (χ1n) is 11.8. The van der Waals surface area contributed by atoms with Gasteiger partial charge in [0.2, 0.25) is 16.7 Å². The molecule has 1 aliphatic rings. The molecule has 0 spiro atoms. The molecule has 0 radical (unpaired) electrons. The van der Waals surface area contributed by atoms with Crippen LogP contribution in [0.5, 0.6) is 5.88 Å². The second-order valence-electron chi connectivity index (χ2n) is 9.01. The van der Waals surface area contributed by atoms with Gasteiger partial charge in [0, 0.05) is 32.7 Å². The molecule has 0 aliphatic carbocycles. The van der Waals surface area contributed by atoms with Gasteiger partial charge in [-0.05, 0) is 30.2 Å². The van der Waals surface area contributed by atoms with Crippen molar-refractivity contribution in [2.24, 2.45) is 0 Å². The fourth-order valence-corrected chi connectivity index (χ4v) is 5.85. The first kappa shape index (κ1) is 22.0. The van der Waals surface area contributed by atoms with Crippen molar-refractivity contribution in [1.29, 1.82) is 0 Å². The molecule has 3 aromatic heterocycles. The van der Waals surface area contributed by atoms with Crippen molar-refractivity contribution in [2.75, 3.05) is 26.2 Å². The zero-order chi connectivity index (χ0) is 23.8. The SMILES string of the molecule is Cc1ccc(C(c2sc3nc(-c4ccco4)nn3c2O)N2CCN(Cc3ccccc3)CC2)cc1. The number of piperazine rings is 1. The summed E-state index contributed by atoms with van der Waals surface area (Å²) in [6, 6.07) is 22.8. The number of nitrogens with zero attached hydrogens (tertiary/aromatic N) is 5. The van der Waals surface area contributed by atoms with E-state index in [9.17, 15) is 5.11 Å². The van der Waals surface area contributed by atoms with Gasteiger partial charge in [-0.1, -0.05) is 71.5 Å². The molecule has 4 heterocycles. The maximum Gasteiger partial charge on any atom is 0.230 e. The van der Waals surface area contributed by atoms with Gasteiger partial charge in [-0.15, -0.1) is 5.10 Å². The number of benzene rings is 2. The maximum absolute atomic E-state index is 11.3. The number of furan rings is 1. The molecule has 7 nitrogen and oxygen atoms in total. The standard InChI is InChI=1S/C27H27N5O2S/c1-19-9-11-21(12-10-19)23(31-15-13-30(14-16-31)18-20-6-3-2-4-7-20)24-26(33)32-27(35-24)28-25(29-32)22-8-5-17-34-22/h2-12,17,23,33H,13-16,18H2,1H3. The molecule has 0 saturated carbocycles. The Balaban J connectivity index is 1.29. The second-order valence-corrected chi connectivity index (χ2v) is 10.0. The van der Waals surface area contributed by atoms with Gasteiger partial charge < -0.3 is 9.52 Å². The van der Waals surface area contributed by atoms with Crippen molar-refractivity contribution in [3.8, 4) is 17.5 Å². The Morgan fingerprint density at radius 2 is 1.74 bits per heavy atom. The van der Waals surface area contributed by atoms with Crippen molar-refractivity contribution in [2.45, 2.75) is 19.5 Å². The summed E-state index contributed by atoms with van der Waals surface area (Å²) in [5.41, 5.74) is 3.72. The van der Waals surface area contributed by atoms with Crippen LogP contribution in [0.3, 0.4) is 0 Å². The maximum atomic E-state index is 11.3. The number of rotatable bonds is 6. The zero-order valence-corrected chi connectivity index (χ0v) is 20.4. The van der Waals surface area contributed by atoms with E-state index in [4.69, 9.17) is 4.42 Å². The van der Waals surface area contributed by atoms with Crippen molar-refractivity contribution in [3.05, 3.63) is 94.6 Å². The molecule has 178 valence electrons. The van der Waals surface area contributed by atoms with E-state index in [1.54, 1.807) is 12.3 Å². The lowest BCUT2D eigenvalue weighted by molar-refractivity contribution is 0.105. The fourth-order valence-electron chi connectivity index (χ4n) is 4.74. The van der Waals surface area contributed by atoms with Crippen molar-refractivity contribution >= 4 is 16.3 Å². The monoisotopic (exact) mass is 485 g/mol. The molecule has 1 unspecified atom stereocenters. The number of fused-ring (bicyclic) bond motifs is 1. The van der Waals surface area contributed by atoms with Gasteiger partial charge in [0.1, 0.15) is 0 Å². The van der Waals surface area contributed by atoms with Crippen LogP contribution in [0.15, 0.2) is 77.4 Å². The summed E-state index contributed by atoms with van der Waals surface area (Å²) < 4.78 is 6.97. The number of aromatic nitrogens is 3. The van der Waals surface area contributed by atoms with Crippen LogP contribution in [0.2, 0.25) is 0 Å². The van der Waals surface area contributed by atoms with Gasteiger partial charge in [0.15, 0.2) is 5.76 Å². The molecule has 0 bridgehead atoms. The molecule has 8 heteroatoms. The van der Waals surface area contributed by atoms with E-state index in [0.717, 1.165) is 43.2 Å². The largest absolute Gasteiger partial charge is 0.492 e. The number of aromatic hydroxyl groups is 1. The van der Waals surface area contributed by atoms with E-state index in [2.05, 4.69) is 81.4 Å². The lowest BCUT2D eigenvalue weighted by atomic mass is 10.0. The van der Waals surface area contributed by atoms with Crippen LogP contribution in [0.1, 0.15) is 27.6 Å². The third-order valence-electron chi connectivity index (χ3n) is 6.60. The Morgan fingerprint density at radius 1 is 0.971 bits per heavy atom. The van der Waals surface area contributed by atoms with E-state index >= 15 is 0 Å². The molecule has 6 rings (SSSR count). The minimum absolute atomic E-state index is 0.0601. The number of thiazole rings is 1. The zero-order valence-electron chi connectivity index (χ0n) is 19.5. The minimum Gasteiger partial charge on any atom is -0.492 e. The summed E-state index contributed by atoms with van der Waals surface area (Å²) in [6.07, 6.45) is 1.60. The van der Waals surface area contributed by atoms with Gasteiger partial charge in [-0.25, -0.2) is 0 Å². The first-order chi connectivity index (χ1) is 17.2. The summed E-state index contributed by atoms with van der Waals surface area (Å²) >= 11 is 1.49. The average Bonchev–Trinajstić information content (AvgIpc) is 3.61. The van der Waals surface area contributed by atoms with E-state index < -0.39 is 0 Å². The third-order valence-corrected chi connectivity index (χ3v) is 7.68. The molecule has 1 N–H and O–H groups in total. The summed E-state index contributed by atoms with van der Waals surface area (Å²) in [4.78, 5) is 11.1. The molecule has 5 aromatic rings. The highest BCUT2D eigenvalue weighted by Crippen LogP contribution is 2.41. The van der Waals surface area contributed by atoms with Crippen LogP contribution >= 0.6 is 11.3 Å². The summed E-state index contributed by atoms with van der Waals surface area (Å²) in [5, 5.41) is 15.8.